The number of thiophene rings is 1. The Labute approximate surface area is 110 Å². The van der Waals surface area contributed by atoms with Gasteiger partial charge < -0.3 is 5.73 Å². The number of rotatable bonds is 4. The second-order valence-corrected chi connectivity index (χ2v) is 6.29. The van der Waals surface area contributed by atoms with Gasteiger partial charge in [0.05, 0.1) is 6.04 Å². The molecule has 1 aliphatic carbocycles. The average molecular weight is 303 g/mol. The van der Waals surface area contributed by atoms with Crippen LogP contribution in [0.25, 0.3) is 0 Å². The van der Waals surface area contributed by atoms with Crippen LogP contribution in [0.4, 0.5) is 0 Å². The lowest BCUT2D eigenvalue weighted by atomic mass is 10.1. The first-order chi connectivity index (χ1) is 7.74. The summed E-state index contributed by atoms with van der Waals surface area (Å²) in [6.45, 7) is 0.701. The maximum Gasteiger partial charge on any atom is 0.0575 e. The minimum absolute atomic E-state index is 0.373. The molecule has 0 saturated heterocycles. The van der Waals surface area contributed by atoms with E-state index in [1.165, 1.54) is 35.0 Å². The number of likely N-dealkylation sites (N-methyl/N-ethyl adjacent to an activating group) is 1. The zero-order valence-electron chi connectivity index (χ0n) is 9.66. The third-order valence-corrected chi connectivity index (χ3v) is 5.53. The Kier molecular flexibility index (Phi) is 4.41. The molecule has 0 spiro atoms. The summed E-state index contributed by atoms with van der Waals surface area (Å²) in [7, 11) is 2.22. The van der Waals surface area contributed by atoms with Gasteiger partial charge in [-0.15, -0.1) is 11.3 Å². The molecule has 0 aromatic carbocycles. The Bertz CT molecular complexity index is 334. The smallest absolute Gasteiger partial charge is 0.0575 e. The van der Waals surface area contributed by atoms with Crippen molar-refractivity contribution < 1.29 is 0 Å². The first-order valence-electron chi connectivity index (χ1n) is 5.89. The maximum absolute atomic E-state index is 5.95. The highest BCUT2D eigenvalue weighted by atomic mass is 79.9. The van der Waals surface area contributed by atoms with Crippen LogP contribution in [0.15, 0.2) is 15.9 Å². The second-order valence-electron chi connectivity index (χ2n) is 4.49. The third-order valence-electron chi connectivity index (χ3n) is 3.56. The zero-order chi connectivity index (χ0) is 11.5. The van der Waals surface area contributed by atoms with Gasteiger partial charge in [-0.2, -0.15) is 0 Å². The van der Waals surface area contributed by atoms with Gasteiger partial charge >= 0.3 is 0 Å². The Balaban J connectivity index is 2.12. The highest BCUT2D eigenvalue weighted by Gasteiger charge is 2.27. The largest absolute Gasteiger partial charge is 0.329 e. The molecule has 1 saturated carbocycles. The van der Waals surface area contributed by atoms with Gasteiger partial charge in [0.15, 0.2) is 0 Å². The molecule has 4 heteroatoms. The highest BCUT2D eigenvalue weighted by Crippen LogP contribution is 2.35. The molecule has 1 unspecified atom stereocenters. The van der Waals surface area contributed by atoms with E-state index in [0.717, 1.165) is 6.04 Å². The third kappa shape index (κ3) is 2.50. The van der Waals surface area contributed by atoms with E-state index >= 15 is 0 Å². The first-order valence-corrected chi connectivity index (χ1v) is 7.56. The molecule has 16 heavy (non-hydrogen) atoms. The second kappa shape index (κ2) is 5.63. The van der Waals surface area contributed by atoms with E-state index in [1.54, 1.807) is 11.3 Å². The maximum atomic E-state index is 5.95. The van der Waals surface area contributed by atoms with E-state index in [0.29, 0.717) is 12.6 Å². The highest BCUT2D eigenvalue weighted by molar-refractivity contribution is 9.10. The van der Waals surface area contributed by atoms with Crippen LogP contribution in [0.5, 0.6) is 0 Å². The fourth-order valence-electron chi connectivity index (χ4n) is 2.57. The van der Waals surface area contributed by atoms with Gasteiger partial charge in [0.2, 0.25) is 0 Å². The summed E-state index contributed by atoms with van der Waals surface area (Å²) in [6.07, 6.45) is 5.40. The molecule has 1 heterocycles. The number of nitrogens with zero attached hydrogens (tertiary/aromatic N) is 1. The van der Waals surface area contributed by atoms with E-state index in [2.05, 4.69) is 39.3 Å². The van der Waals surface area contributed by atoms with Crippen LogP contribution in [-0.2, 0) is 0 Å². The minimum atomic E-state index is 0.373. The predicted molar refractivity (Wildman–Crippen MR) is 73.8 cm³/mol. The molecule has 0 radical (unpaired) electrons. The van der Waals surface area contributed by atoms with Crippen molar-refractivity contribution >= 4 is 27.3 Å². The summed E-state index contributed by atoms with van der Waals surface area (Å²) in [5.41, 5.74) is 5.95. The molecule has 1 aliphatic rings. The van der Waals surface area contributed by atoms with Crippen molar-refractivity contribution in [3.63, 3.8) is 0 Å². The Morgan fingerprint density at radius 1 is 1.56 bits per heavy atom. The molecule has 0 aliphatic heterocycles. The van der Waals surface area contributed by atoms with Crippen molar-refractivity contribution in [3.8, 4) is 0 Å². The monoisotopic (exact) mass is 302 g/mol. The van der Waals surface area contributed by atoms with Crippen molar-refractivity contribution in [2.24, 2.45) is 5.73 Å². The van der Waals surface area contributed by atoms with Gasteiger partial charge in [-0.25, -0.2) is 0 Å². The lowest BCUT2D eigenvalue weighted by molar-refractivity contribution is 0.181. The van der Waals surface area contributed by atoms with Crippen LogP contribution in [0.3, 0.4) is 0 Å². The summed E-state index contributed by atoms with van der Waals surface area (Å²) in [6, 6.07) is 3.21. The molecule has 90 valence electrons. The SMILES string of the molecule is CN(C1CCCC1)C(CN)c1sccc1Br. The molecule has 0 bridgehead atoms. The van der Waals surface area contributed by atoms with Crippen LogP contribution < -0.4 is 5.73 Å². The normalized spacial score (nSPS) is 19.5. The van der Waals surface area contributed by atoms with E-state index < -0.39 is 0 Å². The van der Waals surface area contributed by atoms with Gasteiger partial charge in [0.25, 0.3) is 0 Å². The summed E-state index contributed by atoms with van der Waals surface area (Å²) in [4.78, 5) is 3.85. The lowest BCUT2D eigenvalue weighted by Gasteiger charge is -2.32. The fraction of sp³-hybridized carbons (Fsp3) is 0.667. The van der Waals surface area contributed by atoms with Gasteiger partial charge in [-0.3, -0.25) is 4.90 Å². The molecule has 1 aromatic heterocycles. The average Bonchev–Trinajstić information content (AvgIpc) is 2.91. The van der Waals surface area contributed by atoms with Crippen LogP contribution in [0.2, 0.25) is 0 Å². The van der Waals surface area contributed by atoms with Gasteiger partial charge in [0, 0.05) is 21.9 Å². The van der Waals surface area contributed by atoms with Crippen molar-refractivity contribution in [2.75, 3.05) is 13.6 Å². The van der Waals surface area contributed by atoms with E-state index in [4.69, 9.17) is 5.73 Å². The molecule has 1 fully saturated rings. The van der Waals surface area contributed by atoms with Crippen LogP contribution >= 0.6 is 27.3 Å². The Hall–Kier alpha value is 0.100. The lowest BCUT2D eigenvalue weighted by Crippen LogP contribution is -2.36. The van der Waals surface area contributed by atoms with Crippen molar-refractivity contribution in [3.05, 3.63) is 20.8 Å². The number of hydrogen-bond donors (Lipinski definition) is 1. The summed E-state index contributed by atoms with van der Waals surface area (Å²) in [5, 5.41) is 2.13. The van der Waals surface area contributed by atoms with Gasteiger partial charge in [0.1, 0.15) is 0 Å². The molecule has 1 atom stereocenters. The minimum Gasteiger partial charge on any atom is -0.329 e. The number of nitrogens with two attached hydrogens (primary N) is 1. The van der Waals surface area contributed by atoms with Gasteiger partial charge in [-0.05, 0) is 47.3 Å². The molecular formula is C12H19BrN2S. The van der Waals surface area contributed by atoms with Crippen LogP contribution in [0.1, 0.15) is 36.6 Å². The summed E-state index contributed by atoms with van der Waals surface area (Å²) >= 11 is 5.41. The van der Waals surface area contributed by atoms with E-state index in [1.807, 2.05) is 0 Å². The molecule has 2 rings (SSSR count). The summed E-state index contributed by atoms with van der Waals surface area (Å²) < 4.78 is 1.21. The van der Waals surface area contributed by atoms with Crippen molar-refractivity contribution in [1.29, 1.82) is 0 Å². The Morgan fingerprint density at radius 3 is 2.75 bits per heavy atom. The van der Waals surface area contributed by atoms with Crippen LogP contribution in [-0.4, -0.2) is 24.5 Å². The molecule has 0 amide bonds. The number of hydrogen-bond acceptors (Lipinski definition) is 3. The van der Waals surface area contributed by atoms with E-state index in [9.17, 15) is 0 Å². The Morgan fingerprint density at radius 2 is 2.25 bits per heavy atom. The fourth-order valence-corrected chi connectivity index (χ4v) is 4.37. The predicted octanol–water partition coefficient (Wildman–Crippen LogP) is 3.38. The standard InChI is InChI=1S/C12H19BrN2S/c1-15(9-4-2-3-5-9)11(8-14)12-10(13)6-7-16-12/h6-7,9,11H,2-5,8,14H2,1H3. The van der Waals surface area contributed by atoms with Crippen molar-refractivity contribution in [2.45, 2.75) is 37.8 Å². The van der Waals surface area contributed by atoms with Crippen molar-refractivity contribution in [1.82, 2.24) is 4.90 Å². The molecule has 1 aromatic rings. The molecule has 2 N–H and O–H groups in total. The molecular weight excluding hydrogens is 284 g/mol. The van der Waals surface area contributed by atoms with Crippen LogP contribution in [0, 0.1) is 0 Å². The summed E-state index contributed by atoms with van der Waals surface area (Å²) in [5.74, 6) is 0. The zero-order valence-corrected chi connectivity index (χ0v) is 12.1. The molecule has 2 nitrogen and oxygen atoms in total. The quantitative estimate of drug-likeness (QED) is 0.924. The van der Waals surface area contributed by atoms with Gasteiger partial charge in [-0.1, -0.05) is 12.8 Å². The first kappa shape index (κ1) is 12.6. The van der Waals surface area contributed by atoms with E-state index in [-0.39, 0.29) is 0 Å². The topological polar surface area (TPSA) is 29.3 Å². The number of halogens is 1.